The van der Waals surface area contributed by atoms with Crippen molar-refractivity contribution in [3.8, 4) is 0 Å². The normalized spacial score (nSPS) is 8.92. The topological polar surface area (TPSA) is 53.5 Å². The third-order valence-corrected chi connectivity index (χ3v) is 2.25. The lowest BCUT2D eigenvalue weighted by Crippen LogP contribution is -1.93. The van der Waals surface area contributed by atoms with Crippen molar-refractivity contribution >= 4 is 23.1 Å². The monoisotopic (exact) mass is 192 g/mol. The van der Waals surface area contributed by atoms with Gasteiger partial charge in [-0.1, -0.05) is 42.1 Å². The Morgan fingerprint density at radius 3 is 2.77 bits per heavy atom. The molecule has 1 aromatic carbocycles. The van der Waals surface area contributed by atoms with Crippen LogP contribution < -0.4 is 0 Å². The average Bonchev–Trinajstić information content (AvgIpc) is 2.17. The van der Waals surface area contributed by atoms with Crippen molar-refractivity contribution in [1.29, 1.82) is 0 Å². The van der Waals surface area contributed by atoms with Gasteiger partial charge >= 0.3 is 6.21 Å². The number of hydrogen-bond acceptors (Lipinski definition) is 2. The number of thioether (sulfide) groups is 1. The fraction of sp³-hybridized carbons (Fsp3) is 0.111. The van der Waals surface area contributed by atoms with E-state index in [0.717, 1.165) is 23.5 Å². The van der Waals surface area contributed by atoms with E-state index in [-0.39, 0.29) is 5.12 Å². The molecule has 1 aromatic rings. The molecule has 0 heterocycles. The maximum absolute atomic E-state index is 10.9. The quantitative estimate of drug-likeness (QED) is 0.416. The summed E-state index contributed by atoms with van der Waals surface area (Å²) in [6.07, 6.45) is 0.896. The standard InChI is InChI=1S/C9H8N2OS/c10-11-6-9(12)13-7-8-4-2-1-3-5-8/h1-6H,7H2. The van der Waals surface area contributed by atoms with Gasteiger partial charge in [0, 0.05) is 5.75 Å². The van der Waals surface area contributed by atoms with Gasteiger partial charge in [0.25, 0.3) is 5.12 Å². The summed E-state index contributed by atoms with van der Waals surface area (Å²) in [5.74, 6) is 0.603. The minimum atomic E-state index is -0.244. The molecule has 1 rings (SSSR count). The molecule has 0 bridgehead atoms. The number of rotatable bonds is 3. The molecule has 4 heteroatoms. The highest BCUT2D eigenvalue weighted by atomic mass is 32.2. The molecular formula is C9H8N2OS. The third kappa shape index (κ3) is 3.69. The predicted molar refractivity (Wildman–Crippen MR) is 52.4 cm³/mol. The van der Waals surface area contributed by atoms with E-state index in [9.17, 15) is 4.79 Å². The Labute approximate surface area is 80.4 Å². The van der Waals surface area contributed by atoms with Crippen LogP contribution in [0.15, 0.2) is 30.3 Å². The second kappa shape index (κ2) is 5.30. The van der Waals surface area contributed by atoms with Gasteiger partial charge in [-0.15, -0.1) is 0 Å². The largest absolute Gasteiger partial charge is 0.361 e. The van der Waals surface area contributed by atoms with E-state index in [2.05, 4.69) is 4.79 Å². The van der Waals surface area contributed by atoms with Crippen LogP contribution in [0.5, 0.6) is 0 Å². The van der Waals surface area contributed by atoms with Crippen LogP contribution >= 0.6 is 11.8 Å². The van der Waals surface area contributed by atoms with Crippen LogP contribution in [0.3, 0.4) is 0 Å². The van der Waals surface area contributed by atoms with Crippen molar-refractivity contribution in [3.63, 3.8) is 0 Å². The average molecular weight is 192 g/mol. The molecule has 0 aliphatic rings. The maximum atomic E-state index is 10.9. The molecule has 3 nitrogen and oxygen atoms in total. The highest BCUT2D eigenvalue weighted by molar-refractivity contribution is 8.14. The lowest BCUT2D eigenvalue weighted by Gasteiger charge is -1.94. The van der Waals surface area contributed by atoms with Crippen LogP contribution in [0.2, 0.25) is 0 Å². The summed E-state index contributed by atoms with van der Waals surface area (Å²) in [5.41, 5.74) is 9.15. The first-order valence-corrected chi connectivity index (χ1v) is 4.69. The van der Waals surface area contributed by atoms with Gasteiger partial charge < -0.3 is 5.53 Å². The maximum Gasteiger partial charge on any atom is 0.334 e. The number of nitrogens with zero attached hydrogens (tertiary/aromatic N) is 2. The van der Waals surface area contributed by atoms with E-state index in [1.807, 2.05) is 30.3 Å². The van der Waals surface area contributed by atoms with E-state index in [1.165, 1.54) is 0 Å². The van der Waals surface area contributed by atoms with Gasteiger partial charge in [0.15, 0.2) is 0 Å². The minimum absolute atomic E-state index is 0.244. The van der Waals surface area contributed by atoms with Crippen LogP contribution in [-0.2, 0) is 10.5 Å². The Balaban J connectivity index is 2.44. The van der Waals surface area contributed by atoms with Gasteiger partial charge in [0.2, 0.25) is 0 Å². The van der Waals surface area contributed by atoms with Crippen molar-refractivity contribution in [2.75, 3.05) is 0 Å². The molecule has 0 N–H and O–H groups in total. The molecule has 0 saturated carbocycles. The molecule has 0 aliphatic carbocycles. The van der Waals surface area contributed by atoms with Crippen molar-refractivity contribution in [1.82, 2.24) is 0 Å². The summed E-state index contributed by atoms with van der Waals surface area (Å²) >= 11 is 1.11. The second-order valence-corrected chi connectivity index (χ2v) is 3.32. The van der Waals surface area contributed by atoms with Crippen LogP contribution in [0, 0.1) is 0 Å². The second-order valence-electron chi connectivity index (χ2n) is 2.34. The molecule has 66 valence electrons. The SMILES string of the molecule is [N-]=[N+]=CC(=O)SCc1ccccc1. The Morgan fingerprint density at radius 1 is 1.46 bits per heavy atom. The minimum Gasteiger partial charge on any atom is -0.361 e. The Hall–Kier alpha value is -1.38. The van der Waals surface area contributed by atoms with Gasteiger partial charge in [0.05, 0.1) is 0 Å². The first-order valence-electron chi connectivity index (χ1n) is 3.71. The van der Waals surface area contributed by atoms with Gasteiger partial charge in [-0.25, -0.2) is 0 Å². The third-order valence-electron chi connectivity index (χ3n) is 1.39. The molecule has 0 aliphatic heterocycles. The lowest BCUT2D eigenvalue weighted by atomic mass is 10.2. The van der Waals surface area contributed by atoms with E-state index >= 15 is 0 Å². The summed E-state index contributed by atoms with van der Waals surface area (Å²) in [6, 6.07) is 9.64. The number of carbonyl (C=O) groups is 1. The molecule has 0 fully saturated rings. The van der Waals surface area contributed by atoms with Crippen molar-refractivity contribution in [2.45, 2.75) is 5.75 Å². The van der Waals surface area contributed by atoms with E-state index in [0.29, 0.717) is 5.75 Å². The molecule has 0 atom stereocenters. The Bertz CT molecular complexity index is 331. The van der Waals surface area contributed by atoms with Crippen LogP contribution in [0.25, 0.3) is 5.53 Å². The molecule has 13 heavy (non-hydrogen) atoms. The van der Waals surface area contributed by atoms with Crippen LogP contribution in [-0.4, -0.2) is 16.1 Å². The highest BCUT2D eigenvalue weighted by Gasteiger charge is 2.02. The predicted octanol–water partition coefficient (Wildman–Crippen LogP) is 1.75. The first-order chi connectivity index (χ1) is 6.33. The fourth-order valence-electron chi connectivity index (χ4n) is 0.813. The lowest BCUT2D eigenvalue weighted by molar-refractivity contribution is -0.108. The Kier molecular flexibility index (Phi) is 3.96. The highest BCUT2D eigenvalue weighted by Crippen LogP contribution is 2.10. The van der Waals surface area contributed by atoms with Crippen molar-refractivity contribution in [3.05, 3.63) is 41.4 Å². The smallest absolute Gasteiger partial charge is 0.334 e. The number of carbonyl (C=O) groups excluding carboxylic acids is 1. The summed E-state index contributed by atoms with van der Waals surface area (Å²) in [7, 11) is 0. The summed E-state index contributed by atoms with van der Waals surface area (Å²) in [5, 5.41) is -0.244. The Morgan fingerprint density at radius 2 is 2.15 bits per heavy atom. The molecule has 0 saturated heterocycles. The molecular weight excluding hydrogens is 184 g/mol. The van der Waals surface area contributed by atoms with Gasteiger partial charge in [-0.05, 0) is 5.56 Å². The van der Waals surface area contributed by atoms with Crippen molar-refractivity contribution < 1.29 is 9.58 Å². The van der Waals surface area contributed by atoms with E-state index in [1.54, 1.807) is 0 Å². The summed E-state index contributed by atoms with van der Waals surface area (Å²) < 4.78 is 0. The van der Waals surface area contributed by atoms with E-state index < -0.39 is 0 Å². The molecule has 0 aromatic heterocycles. The number of hydrogen-bond donors (Lipinski definition) is 0. The van der Waals surface area contributed by atoms with Gasteiger partial charge in [0.1, 0.15) is 0 Å². The van der Waals surface area contributed by atoms with E-state index in [4.69, 9.17) is 5.53 Å². The zero-order chi connectivity index (χ0) is 9.52. The fourth-order valence-corrected chi connectivity index (χ4v) is 1.44. The molecule has 0 amide bonds. The van der Waals surface area contributed by atoms with Gasteiger partial charge in [-0.2, -0.15) is 4.79 Å². The van der Waals surface area contributed by atoms with Crippen LogP contribution in [0.1, 0.15) is 5.56 Å². The summed E-state index contributed by atoms with van der Waals surface area (Å²) in [4.78, 5) is 13.5. The summed E-state index contributed by atoms with van der Waals surface area (Å²) in [6.45, 7) is 0. The first kappa shape index (κ1) is 9.71. The zero-order valence-electron chi connectivity index (χ0n) is 6.88. The number of benzene rings is 1. The molecule has 0 spiro atoms. The zero-order valence-corrected chi connectivity index (χ0v) is 7.70. The van der Waals surface area contributed by atoms with Gasteiger partial charge in [-0.3, -0.25) is 4.79 Å². The molecule has 0 unspecified atom stereocenters. The molecule has 0 radical (unpaired) electrons. The van der Waals surface area contributed by atoms with Crippen LogP contribution in [0.4, 0.5) is 0 Å². The van der Waals surface area contributed by atoms with Crippen molar-refractivity contribution in [2.24, 2.45) is 0 Å².